The Bertz CT molecular complexity index is 1340. The minimum absolute atomic E-state index is 0.0132. The quantitative estimate of drug-likeness (QED) is 0.328. The van der Waals surface area contributed by atoms with E-state index < -0.39 is 11.9 Å². The van der Waals surface area contributed by atoms with E-state index in [-0.39, 0.29) is 17.2 Å². The van der Waals surface area contributed by atoms with Gasteiger partial charge in [0.05, 0.1) is 13.0 Å². The highest BCUT2D eigenvalue weighted by Crippen LogP contribution is 2.51. The zero-order chi connectivity index (χ0) is 27.0. The first-order valence-corrected chi connectivity index (χ1v) is 13.6. The molecule has 1 fully saturated rings. The summed E-state index contributed by atoms with van der Waals surface area (Å²) in [4.78, 5) is 11.6. The van der Waals surface area contributed by atoms with Crippen LogP contribution in [0.15, 0.2) is 54.6 Å². The van der Waals surface area contributed by atoms with Crippen LogP contribution in [0.5, 0.6) is 11.5 Å². The van der Waals surface area contributed by atoms with Crippen LogP contribution in [-0.2, 0) is 17.8 Å². The molecule has 5 heteroatoms. The Morgan fingerprint density at radius 3 is 2.53 bits per heavy atom. The van der Waals surface area contributed by atoms with E-state index in [1.165, 1.54) is 11.6 Å². The predicted octanol–water partition coefficient (Wildman–Crippen LogP) is 8.12. The van der Waals surface area contributed by atoms with Crippen molar-refractivity contribution in [1.29, 1.82) is 0 Å². The van der Waals surface area contributed by atoms with Crippen molar-refractivity contribution >= 4 is 5.97 Å². The molecule has 5 rings (SSSR count). The number of rotatable bonds is 8. The first kappa shape index (κ1) is 26.3. The van der Waals surface area contributed by atoms with E-state index in [0.717, 1.165) is 60.1 Å². The van der Waals surface area contributed by atoms with Crippen LogP contribution < -0.4 is 9.47 Å². The van der Waals surface area contributed by atoms with Crippen LogP contribution >= 0.6 is 0 Å². The van der Waals surface area contributed by atoms with Crippen molar-refractivity contribution in [3.63, 3.8) is 0 Å². The van der Waals surface area contributed by atoms with Gasteiger partial charge < -0.3 is 14.6 Å². The minimum atomic E-state index is -0.760. The van der Waals surface area contributed by atoms with Gasteiger partial charge in [-0.25, -0.2) is 4.39 Å². The van der Waals surface area contributed by atoms with E-state index in [9.17, 15) is 9.90 Å². The van der Waals surface area contributed by atoms with Crippen LogP contribution in [0.3, 0.4) is 0 Å². The summed E-state index contributed by atoms with van der Waals surface area (Å²) in [5.41, 5.74) is 6.09. The first-order valence-electron chi connectivity index (χ1n) is 13.6. The average Bonchev–Trinajstić information content (AvgIpc) is 3.49. The molecule has 3 aromatic carbocycles. The highest BCUT2D eigenvalue weighted by Gasteiger charge is 2.37. The highest BCUT2D eigenvalue weighted by molar-refractivity contribution is 5.72. The second kappa shape index (κ2) is 10.4. The fraction of sp³-hybridized carbons (Fsp3) is 0.424. The molecule has 0 aliphatic heterocycles. The zero-order valence-electron chi connectivity index (χ0n) is 22.7. The molecule has 38 heavy (non-hydrogen) atoms. The van der Waals surface area contributed by atoms with E-state index in [2.05, 4.69) is 26.0 Å². The summed E-state index contributed by atoms with van der Waals surface area (Å²) in [7, 11) is 1.60. The van der Waals surface area contributed by atoms with Gasteiger partial charge in [0.1, 0.15) is 23.9 Å². The summed E-state index contributed by atoms with van der Waals surface area (Å²) >= 11 is 0. The van der Waals surface area contributed by atoms with Crippen LogP contribution in [0.1, 0.15) is 80.5 Å². The zero-order valence-corrected chi connectivity index (χ0v) is 22.7. The molecular weight excluding hydrogens is 479 g/mol. The van der Waals surface area contributed by atoms with Crippen LogP contribution in [0.2, 0.25) is 0 Å². The summed E-state index contributed by atoms with van der Waals surface area (Å²) < 4.78 is 26.7. The molecule has 0 spiro atoms. The van der Waals surface area contributed by atoms with E-state index in [1.54, 1.807) is 26.2 Å². The maximum atomic E-state index is 15.1. The summed E-state index contributed by atoms with van der Waals surface area (Å²) in [5, 5.41) is 9.53. The van der Waals surface area contributed by atoms with Crippen LogP contribution in [0.4, 0.5) is 4.39 Å². The number of hydrogen-bond donors (Lipinski definition) is 1. The lowest BCUT2D eigenvalue weighted by atomic mass is 9.75. The Morgan fingerprint density at radius 2 is 1.82 bits per heavy atom. The van der Waals surface area contributed by atoms with Gasteiger partial charge in [-0.2, -0.15) is 0 Å². The van der Waals surface area contributed by atoms with Gasteiger partial charge in [-0.05, 0) is 101 Å². The van der Waals surface area contributed by atoms with Gasteiger partial charge in [-0.3, -0.25) is 4.79 Å². The Morgan fingerprint density at radius 1 is 1.03 bits per heavy atom. The standard InChI is InChI=1S/C33H37FO4/c1-20(32(35)36)25-13-9-22-8-10-24(18-27(22)25)38-19-21-7-12-26(29-17-23(37-4)11-14-31(29)34)28(16-21)30-6-5-15-33(30,2)3/h7-8,10-12,14,16-18,20,25,30H,5-6,9,13,15,19H2,1-4H3,(H,35,36). The van der Waals surface area contributed by atoms with Crippen molar-refractivity contribution in [3.8, 4) is 22.6 Å². The third kappa shape index (κ3) is 5.03. The number of benzene rings is 3. The molecule has 1 saturated carbocycles. The molecule has 0 heterocycles. The number of halogens is 1. The Balaban J connectivity index is 1.45. The van der Waals surface area contributed by atoms with E-state index in [0.29, 0.717) is 23.8 Å². The number of fused-ring (bicyclic) bond motifs is 1. The molecule has 0 saturated heterocycles. The number of aliphatic carboxylic acids is 1. The first-order chi connectivity index (χ1) is 18.2. The Hall–Kier alpha value is -3.34. The number of hydrogen-bond acceptors (Lipinski definition) is 3. The average molecular weight is 517 g/mol. The number of carbonyl (C=O) groups is 1. The molecule has 2 aliphatic rings. The molecule has 0 radical (unpaired) electrons. The molecule has 0 amide bonds. The highest BCUT2D eigenvalue weighted by atomic mass is 19.1. The number of ether oxygens (including phenoxy) is 2. The normalized spacial score (nSPS) is 20.7. The second-order valence-electron chi connectivity index (χ2n) is 11.6. The molecular formula is C33H37FO4. The number of aryl methyl sites for hydroxylation is 1. The van der Waals surface area contributed by atoms with E-state index in [1.807, 2.05) is 24.3 Å². The third-order valence-corrected chi connectivity index (χ3v) is 8.85. The molecule has 3 atom stereocenters. The van der Waals surface area contributed by atoms with Crippen molar-refractivity contribution in [2.45, 2.75) is 71.3 Å². The summed E-state index contributed by atoms with van der Waals surface area (Å²) in [5.74, 6) is 0.282. The summed E-state index contributed by atoms with van der Waals surface area (Å²) in [6.07, 6.45) is 5.13. The van der Waals surface area contributed by atoms with Gasteiger partial charge >= 0.3 is 5.97 Å². The van der Waals surface area contributed by atoms with Crippen LogP contribution in [0, 0.1) is 17.2 Å². The smallest absolute Gasteiger partial charge is 0.306 e. The predicted molar refractivity (Wildman–Crippen MR) is 147 cm³/mol. The Kier molecular flexibility index (Phi) is 7.21. The molecule has 0 aromatic heterocycles. The van der Waals surface area contributed by atoms with E-state index >= 15 is 4.39 Å². The molecule has 3 unspecified atom stereocenters. The van der Waals surface area contributed by atoms with Crippen molar-refractivity contribution < 1.29 is 23.8 Å². The lowest BCUT2D eigenvalue weighted by Gasteiger charge is -2.30. The molecule has 2 aliphatic carbocycles. The fourth-order valence-corrected chi connectivity index (χ4v) is 6.54. The number of methoxy groups -OCH3 is 1. The number of carboxylic acids is 1. The minimum Gasteiger partial charge on any atom is -0.497 e. The molecule has 4 nitrogen and oxygen atoms in total. The maximum absolute atomic E-state index is 15.1. The van der Waals surface area contributed by atoms with Gasteiger partial charge in [0, 0.05) is 5.56 Å². The summed E-state index contributed by atoms with van der Waals surface area (Å²) in [6.45, 7) is 6.78. The lowest BCUT2D eigenvalue weighted by Crippen LogP contribution is -2.17. The number of carboxylic acid groups (broad SMARTS) is 1. The van der Waals surface area contributed by atoms with E-state index in [4.69, 9.17) is 9.47 Å². The van der Waals surface area contributed by atoms with Crippen molar-refractivity contribution in [3.05, 3.63) is 82.7 Å². The van der Waals surface area contributed by atoms with Crippen molar-refractivity contribution in [2.75, 3.05) is 7.11 Å². The molecule has 1 N–H and O–H groups in total. The maximum Gasteiger partial charge on any atom is 0.306 e. The third-order valence-electron chi connectivity index (χ3n) is 8.85. The van der Waals surface area contributed by atoms with Crippen LogP contribution in [0.25, 0.3) is 11.1 Å². The van der Waals surface area contributed by atoms with Gasteiger partial charge in [0.15, 0.2) is 0 Å². The monoisotopic (exact) mass is 516 g/mol. The van der Waals surface area contributed by atoms with Crippen molar-refractivity contribution in [2.24, 2.45) is 11.3 Å². The summed E-state index contributed by atoms with van der Waals surface area (Å²) in [6, 6.07) is 17.2. The topological polar surface area (TPSA) is 55.8 Å². The Labute approximate surface area is 224 Å². The SMILES string of the molecule is COc1ccc(F)c(-c2ccc(COc3ccc4c(c3)C(C(C)C(=O)O)CC4)cc2C2CCCC2(C)C)c1. The molecule has 200 valence electrons. The largest absolute Gasteiger partial charge is 0.497 e. The van der Waals surface area contributed by atoms with Gasteiger partial charge in [-0.1, -0.05) is 51.5 Å². The lowest BCUT2D eigenvalue weighted by molar-refractivity contribution is -0.141. The van der Waals surface area contributed by atoms with Gasteiger partial charge in [-0.15, -0.1) is 0 Å². The second-order valence-corrected chi connectivity index (χ2v) is 11.6. The van der Waals surface area contributed by atoms with Crippen molar-refractivity contribution in [1.82, 2.24) is 0 Å². The molecule has 0 bridgehead atoms. The van der Waals surface area contributed by atoms with Gasteiger partial charge in [0.2, 0.25) is 0 Å². The molecule has 3 aromatic rings. The van der Waals surface area contributed by atoms with Gasteiger partial charge in [0.25, 0.3) is 0 Å². The fourth-order valence-electron chi connectivity index (χ4n) is 6.54. The van der Waals surface area contributed by atoms with Crippen LogP contribution in [-0.4, -0.2) is 18.2 Å².